The standard InChI is InChI=1S/C4H3N5S/c10-4-3-2(1-5-8-4)6-9-7-3/h1H,(H,8,10)(H,6,7,9)/p-1. The Bertz CT molecular complexity index is 355. The summed E-state index contributed by atoms with van der Waals surface area (Å²) in [5, 5.41) is 17.6. The third-order valence-electron chi connectivity index (χ3n) is 1.11. The van der Waals surface area contributed by atoms with Crippen LogP contribution in [-0.2, 0) is 12.6 Å². The molecule has 5 nitrogen and oxygen atoms in total. The minimum Gasteiger partial charge on any atom is -0.756 e. The second-order valence-corrected chi connectivity index (χ2v) is 2.09. The van der Waals surface area contributed by atoms with Crippen LogP contribution in [0.4, 0.5) is 0 Å². The molecule has 0 aromatic carbocycles. The van der Waals surface area contributed by atoms with Gasteiger partial charge in [0.2, 0.25) is 0 Å². The first-order chi connectivity index (χ1) is 4.88. The smallest absolute Gasteiger partial charge is 0.133 e. The summed E-state index contributed by atoms with van der Waals surface area (Å²) >= 11 is 4.81. The van der Waals surface area contributed by atoms with Crippen molar-refractivity contribution in [3.63, 3.8) is 0 Å². The van der Waals surface area contributed by atoms with E-state index >= 15 is 0 Å². The second kappa shape index (κ2) is 1.84. The van der Waals surface area contributed by atoms with Gasteiger partial charge < -0.3 is 12.6 Å². The van der Waals surface area contributed by atoms with E-state index < -0.39 is 0 Å². The minimum atomic E-state index is 0.381. The van der Waals surface area contributed by atoms with E-state index in [4.69, 9.17) is 12.6 Å². The number of aromatic nitrogens is 5. The fourth-order valence-electron chi connectivity index (χ4n) is 0.670. The number of fused-ring (bicyclic) bond motifs is 1. The van der Waals surface area contributed by atoms with Gasteiger partial charge in [-0.3, -0.25) is 0 Å². The molecule has 0 aliphatic rings. The Morgan fingerprint density at radius 1 is 1.40 bits per heavy atom. The summed E-state index contributed by atoms with van der Waals surface area (Å²) in [5.74, 6) is 0. The summed E-state index contributed by atoms with van der Waals surface area (Å²) in [6, 6.07) is 0. The average Bonchev–Trinajstić information content (AvgIpc) is 2.36. The van der Waals surface area contributed by atoms with Crippen molar-refractivity contribution >= 4 is 23.7 Å². The fourth-order valence-corrected chi connectivity index (χ4v) is 0.867. The quantitative estimate of drug-likeness (QED) is 0.523. The topological polar surface area (TPSA) is 67.3 Å². The highest BCUT2D eigenvalue weighted by molar-refractivity contribution is 7.58. The molecule has 0 aliphatic heterocycles. The average molecular weight is 152 g/mol. The van der Waals surface area contributed by atoms with Gasteiger partial charge in [0, 0.05) is 0 Å². The molecule has 0 radical (unpaired) electrons. The molecule has 0 saturated heterocycles. The maximum Gasteiger partial charge on any atom is 0.133 e. The summed E-state index contributed by atoms with van der Waals surface area (Å²) in [6.07, 6.45) is 1.51. The number of nitrogens with one attached hydrogen (secondary N) is 1. The van der Waals surface area contributed by atoms with Crippen LogP contribution in [0.5, 0.6) is 0 Å². The molecular formula is C4H2N5S-. The van der Waals surface area contributed by atoms with Gasteiger partial charge in [0.1, 0.15) is 11.0 Å². The van der Waals surface area contributed by atoms with E-state index in [2.05, 4.69) is 25.6 Å². The Hall–Kier alpha value is -1.30. The molecule has 2 aromatic heterocycles. The lowest BCUT2D eigenvalue weighted by molar-refractivity contribution is 0.941. The molecule has 1 N–H and O–H groups in total. The van der Waals surface area contributed by atoms with Gasteiger partial charge in [-0.2, -0.15) is 25.6 Å². The van der Waals surface area contributed by atoms with E-state index in [9.17, 15) is 0 Å². The van der Waals surface area contributed by atoms with E-state index in [1.165, 1.54) is 6.20 Å². The first-order valence-electron chi connectivity index (χ1n) is 2.57. The van der Waals surface area contributed by atoms with E-state index in [1.54, 1.807) is 0 Å². The maximum atomic E-state index is 4.81. The van der Waals surface area contributed by atoms with E-state index in [0.29, 0.717) is 16.1 Å². The van der Waals surface area contributed by atoms with Gasteiger partial charge in [-0.25, -0.2) is 0 Å². The highest BCUT2D eigenvalue weighted by Crippen LogP contribution is 2.06. The van der Waals surface area contributed by atoms with Gasteiger partial charge in [-0.1, -0.05) is 0 Å². The molecule has 50 valence electrons. The van der Waals surface area contributed by atoms with Crippen molar-refractivity contribution in [2.24, 2.45) is 0 Å². The van der Waals surface area contributed by atoms with Crippen LogP contribution in [0.3, 0.4) is 0 Å². The normalized spacial score (nSPS) is 10.4. The Balaban J connectivity index is 2.95. The predicted octanol–water partition coefficient (Wildman–Crippen LogP) is -0.346. The molecule has 0 unspecified atom stereocenters. The Labute approximate surface area is 61.3 Å². The Kier molecular flexibility index (Phi) is 1.01. The van der Waals surface area contributed by atoms with E-state index in [0.717, 1.165) is 0 Å². The van der Waals surface area contributed by atoms with Crippen LogP contribution in [0.15, 0.2) is 11.2 Å². The molecule has 2 aromatic rings. The molecule has 0 atom stereocenters. The van der Waals surface area contributed by atoms with Crippen molar-refractivity contribution in [2.45, 2.75) is 5.03 Å². The number of hydrogen-bond donors (Lipinski definition) is 1. The summed E-state index contributed by atoms with van der Waals surface area (Å²) in [4.78, 5) is 0. The molecule has 0 spiro atoms. The zero-order chi connectivity index (χ0) is 6.97. The first-order valence-corrected chi connectivity index (χ1v) is 2.98. The molecule has 0 bridgehead atoms. The SMILES string of the molecule is [S-]c1nncc2n[nH]nc12. The van der Waals surface area contributed by atoms with Gasteiger partial charge in [0.25, 0.3) is 0 Å². The molecule has 0 saturated carbocycles. The fraction of sp³-hybridized carbons (Fsp3) is 0. The maximum absolute atomic E-state index is 4.81. The van der Waals surface area contributed by atoms with Gasteiger partial charge >= 0.3 is 0 Å². The largest absolute Gasteiger partial charge is 0.756 e. The van der Waals surface area contributed by atoms with Crippen LogP contribution < -0.4 is 0 Å². The van der Waals surface area contributed by atoms with E-state index in [1.807, 2.05) is 0 Å². The molecule has 6 heteroatoms. The van der Waals surface area contributed by atoms with Crippen LogP contribution >= 0.6 is 0 Å². The summed E-state index contributed by atoms with van der Waals surface area (Å²) < 4.78 is 0. The van der Waals surface area contributed by atoms with Crippen LogP contribution in [-0.4, -0.2) is 25.6 Å². The Morgan fingerprint density at radius 2 is 2.30 bits per heavy atom. The highest BCUT2D eigenvalue weighted by atomic mass is 32.1. The van der Waals surface area contributed by atoms with Crippen molar-refractivity contribution in [2.75, 3.05) is 0 Å². The molecule has 2 heterocycles. The minimum absolute atomic E-state index is 0.381. The molecule has 0 amide bonds. The number of rotatable bonds is 0. The lowest BCUT2D eigenvalue weighted by Crippen LogP contribution is -1.85. The van der Waals surface area contributed by atoms with Crippen LogP contribution in [0.25, 0.3) is 11.0 Å². The zero-order valence-electron chi connectivity index (χ0n) is 4.77. The molecule has 0 aliphatic carbocycles. The first kappa shape index (κ1) is 5.48. The van der Waals surface area contributed by atoms with Crippen LogP contribution in [0, 0.1) is 0 Å². The van der Waals surface area contributed by atoms with Crippen molar-refractivity contribution in [3.8, 4) is 0 Å². The summed E-state index contributed by atoms with van der Waals surface area (Å²) in [5.41, 5.74) is 1.25. The lowest BCUT2D eigenvalue weighted by atomic mass is 10.5. The number of H-pyrrole nitrogens is 1. The predicted molar refractivity (Wildman–Crippen MR) is 35.1 cm³/mol. The Morgan fingerprint density at radius 3 is 3.10 bits per heavy atom. The van der Waals surface area contributed by atoms with Crippen molar-refractivity contribution < 1.29 is 0 Å². The van der Waals surface area contributed by atoms with Gasteiger partial charge in [0.05, 0.1) is 6.20 Å². The molecule has 0 fully saturated rings. The van der Waals surface area contributed by atoms with Gasteiger partial charge in [-0.05, 0) is 5.03 Å². The van der Waals surface area contributed by atoms with Crippen LogP contribution in [0.1, 0.15) is 0 Å². The van der Waals surface area contributed by atoms with Crippen molar-refractivity contribution in [3.05, 3.63) is 6.20 Å². The summed E-state index contributed by atoms with van der Waals surface area (Å²) in [7, 11) is 0. The summed E-state index contributed by atoms with van der Waals surface area (Å²) in [6.45, 7) is 0. The van der Waals surface area contributed by atoms with Crippen molar-refractivity contribution in [1.82, 2.24) is 25.6 Å². The monoisotopic (exact) mass is 152 g/mol. The van der Waals surface area contributed by atoms with Gasteiger partial charge in [0.15, 0.2) is 0 Å². The third-order valence-corrected chi connectivity index (χ3v) is 1.38. The van der Waals surface area contributed by atoms with E-state index in [-0.39, 0.29) is 0 Å². The van der Waals surface area contributed by atoms with Crippen LogP contribution in [0.2, 0.25) is 0 Å². The number of hydrogen-bond acceptors (Lipinski definition) is 5. The molecule has 10 heavy (non-hydrogen) atoms. The third kappa shape index (κ3) is 0.623. The number of aromatic amines is 1. The lowest BCUT2D eigenvalue weighted by Gasteiger charge is -1.98. The number of nitrogens with zero attached hydrogens (tertiary/aromatic N) is 4. The molecule has 2 rings (SSSR count). The zero-order valence-corrected chi connectivity index (χ0v) is 5.59. The highest BCUT2D eigenvalue weighted by Gasteiger charge is 1.95. The van der Waals surface area contributed by atoms with Crippen molar-refractivity contribution in [1.29, 1.82) is 0 Å². The van der Waals surface area contributed by atoms with Gasteiger partial charge in [-0.15, -0.1) is 0 Å². The second-order valence-electron chi connectivity index (χ2n) is 1.71. The molecular weight excluding hydrogens is 150 g/mol.